The van der Waals surface area contributed by atoms with Crippen molar-refractivity contribution in [1.82, 2.24) is 5.06 Å². The van der Waals surface area contributed by atoms with Crippen molar-refractivity contribution in [3.63, 3.8) is 0 Å². The minimum Gasteiger partial charge on any atom is -0.748 e. The van der Waals surface area contributed by atoms with Crippen LogP contribution in [0.15, 0.2) is 70.1 Å². The first kappa shape index (κ1) is 50.6. The highest BCUT2D eigenvalue weighted by molar-refractivity contribution is 7.86. The fourth-order valence-corrected chi connectivity index (χ4v) is 9.63. The van der Waals surface area contributed by atoms with Gasteiger partial charge in [-0.25, -0.2) is 30.0 Å². The second-order valence-corrected chi connectivity index (χ2v) is 19.9. The lowest BCUT2D eigenvalue weighted by Crippen LogP contribution is -2.33. The second kappa shape index (κ2) is 20.8. The maximum Gasteiger partial charge on any atom is 0.335 e. The molecule has 0 aliphatic carbocycles. The number of allylic oxidation sites excluding steroid dienone is 4. The monoisotopic (exact) mass is 953 g/mol. The summed E-state index contributed by atoms with van der Waals surface area (Å²) in [4.78, 5) is 41.3. The quantitative estimate of drug-likeness (QED) is 0.0630. The van der Waals surface area contributed by atoms with Gasteiger partial charge >= 0.3 is 5.97 Å². The van der Waals surface area contributed by atoms with Crippen LogP contribution in [-0.2, 0) is 79.4 Å². The number of benzene rings is 2. The predicted octanol–water partition coefficient (Wildman–Crippen LogP) is 2.11. The predicted molar refractivity (Wildman–Crippen MR) is 223 cm³/mol. The number of methoxy groups -OCH3 is 2. The molecule has 0 saturated carbocycles. The molecule has 0 aromatic heterocycles. The number of rotatable bonds is 24. The zero-order valence-corrected chi connectivity index (χ0v) is 38.3. The molecule has 0 N–H and O–H groups in total. The highest BCUT2D eigenvalue weighted by Gasteiger charge is 2.48. The van der Waals surface area contributed by atoms with Crippen molar-refractivity contribution in [3.8, 4) is 0 Å². The van der Waals surface area contributed by atoms with Gasteiger partial charge in [0.25, 0.3) is 11.8 Å². The molecular formula is C41H51N3O17S3-2. The molecule has 352 valence electrons. The Bertz CT molecular complexity index is 2520. The summed E-state index contributed by atoms with van der Waals surface area (Å²) in [6.45, 7) is 4.81. The number of amides is 2. The van der Waals surface area contributed by atoms with E-state index in [1.807, 2.05) is 16.4 Å². The molecule has 3 aliphatic rings. The topological polar surface area (TPSA) is 278 Å². The highest BCUT2D eigenvalue weighted by atomic mass is 32.2. The molecule has 0 spiro atoms. The molecule has 0 radical (unpaired) electrons. The number of imide groups is 1. The van der Waals surface area contributed by atoms with Crippen molar-refractivity contribution in [2.24, 2.45) is 0 Å². The molecule has 2 atom stereocenters. The van der Waals surface area contributed by atoms with Crippen LogP contribution >= 0.6 is 0 Å². The van der Waals surface area contributed by atoms with Gasteiger partial charge in [-0.05, 0) is 75.1 Å². The van der Waals surface area contributed by atoms with Gasteiger partial charge < -0.3 is 42.3 Å². The molecule has 20 nitrogen and oxygen atoms in total. The van der Waals surface area contributed by atoms with Crippen LogP contribution in [0.1, 0.15) is 63.5 Å². The third-order valence-corrected chi connectivity index (χ3v) is 13.8. The summed E-state index contributed by atoms with van der Waals surface area (Å²) in [7, 11) is -11.3. The minimum absolute atomic E-state index is 0.0276. The van der Waals surface area contributed by atoms with Crippen LogP contribution in [-0.4, -0.2) is 145 Å². The maximum absolute atomic E-state index is 12.2. The fourth-order valence-electron chi connectivity index (χ4n) is 8.14. The summed E-state index contributed by atoms with van der Waals surface area (Å²) < 4.78 is 132. The molecule has 1 fully saturated rings. The molecule has 1 saturated heterocycles. The first-order valence-corrected chi connectivity index (χ1v) is 24.6. The Morgan fingerprint density at radius 2 is 1.39 bits per heavy atom. The molecule has 2 unspecified atom stereocenters. The Morgan fingerprint density at radius 3 is 2.00 bits per heavy atom. The van der Waals surface area contributed by atoms with Crippen LogP contribution in [0.4, 0.5) is 11.4 Å². The molecule has 2 aromatic rings. The third kappa shape index (κ3) is 11.9. The number of ether oxygens (including phenoxy) is 4. The van der Waals surface area contributed by atoms with E-state index in [0.29, 0.717) is 45.4 Å². The Labute approximate surface area is 372 Å². The first-order chi connectivity index (χ1) is 30.0. The van der Waals surface area contributed by atoms with Gasteiger partial charge in [-0.3, -0.25) is 9.59 Å². The second-order valence-electron chi connectivity index (χ2n) is 15.7. The average molecular weight is 954 g/mol. The van der Waals surface area contributed by atoms with Gasteiger partial charge in [-0.1, -0.05) is 6.08 Å². The molecule has 23 heteroatoms. The highest BCUT2D eigenvalue weighted by Crippen LogP contribution is 2.51. The van der Waals surface area contributed by atoms with Gasteiger partial charge in [0.1, 0.15) is 26.8 Å². The number of hydrogen-bond acceptors (Lipinski definition) is 18. The van der Waals surface area contributed by atoms with Crippen LogP contribution in [0.3, 0.4) is 0 Å². The fraction of sp³-hybridized carbons (Fsp3) is 0.512. The van der Waals surface area contributed by atoms with Crippen molar-refractivity contribution in [1.29, 1.82) is 0 Å². The smallest absolute Gasteiger partial charge is 0.335 e. The summed E-state index contributed by atoms with van der Waals surface area (Å²) in [6, 6.07) is 8.07. The van der Waals surface area contributed by atoms with Crippen molar-refractivity contribution >= 4 is 65.2 Å². The van der Waals surface area contributed by atoms with Gasteiger partial charge in [0.15, 0.2) is 12.3 Å². The lowest BCUT2D eigenvalue weighted by molar-refractivity contribution is -0.441. The summed E-state index contributed by atoms with van der Waals surface area (Å²) in [5, 5.41) is 0.458. The number of hydroxylamine groups is 2. The summed E-state index contributed by atoms with van der Waals surface area (Å²) in [5.41, 5.74) is 1.28. The average Bonchev–Trinajstić information content (AvgIpc) is 3.75. The van der Waals surface area contributed by atoms with Gasteiger partial charge in [0, 0.05) is 80.5 Å². The van der Waals surface area contributed by atoms with Crippen LogP contribution in [0.25, 0.3) is 0 Å². The number of carbonyl (C=O) groups excluding carboxylic acids is 3. The van der Waals surface area contributed by atoms with Crippen LogP contribution < -0.4 is 4.90 Å². The Hall–Kier alpha value is -4.43. The largest absolute Gasteiger partial charge is 0.748 e. The lowest BCUT2D eigenvalue weighted by Gasteiger charge is -2.30. The van der Waals surface area contributed by atoms with Crippen molar-refractivity contribution in [2.45, 2.75) is 73.0 Å². The van der Waals surface area contributed by atoms with E-state index in [9.17, 15) is 53.3 Å². The number of carbonyl (C=O) groups is 3. The summed E-state index contributed by atoms with van der Waals surface area (Å²) in [5.74, 6) is -2.68. The van der Waals surface area contributed by atoms with Crippen molar-refractivity contribution < 1.29 is 81.7 Å². The van der Waals surface area contributed by atoms with E-state index < -0.39 is 74.5 Å². The van der Waals surface area contributed by atoms with Crippen molar-refractivity contribution in [2.75, 3.05) is 77.6 Å². The Morgan fingerprint density at radius 1 is 0.781 bits per heavy atom. The van der Waals surface area contributed by atoms with E-state index in [4.69, 9.17) is 23.8 Å². The number of anilines is 1. The molecule has 0 bridgehead atoms. The molecule has 3 heterocycles. The van der Waals surface area contributed by atoms with E-state index in [1.165, 1.54) is 44.6 Å². The van der Waals surface area contributed by atoms with Gasteiger partial charge in [0.2, 0.25) is 5.69 Å². The molecule has 2 aromatic carbocycles. The van der Waals surface area contributed by atoms with Gasteiger partial charge in [0.05, 0.1) is 58.2 Å². The van der Waals surface area contributed by atoms with Crippen LogP contribution in [0.2, 0.25) is 0 Å². The number of hydrogen-bond donors (Lipinski definition) is 0. The minimum atomic E-state index is -4.89. The van der Waals surface area contributed by atoms with Crippen LogP contribution in [0.5, 0.6) is 0 Å². The summed E-state index contributed by atoms with van der Waals surface area (Å²) in [6.07, 6.45) is 5.34. The maximum atomic E-state index is 12.2. The van der Waals surface area contributed by atoms with E-state index in [-0.39, 0.29) is 84.8 Å². The molecule has 5 rings (SSSR count). The van der Waals surface area contributed by atoms with Crippen molar-refractivity contribution in [3.05, 3.63) is 71.5 Å². The molecule has 2 amide bonds. The molecular weight excluding hydrogens is 903 g/mol. The SMILES string of the molecule is COCC[N+]1=C(/C=C/C=C2/N(CCOCCOCCC(=O)ON3C(=O)CCC3=O)c3ccc(S(=O)(=O)[O-])cc3C2(C)CCOC)C(C)(CCCS(=O)(=O)[O-])c2cc(S(=O)(=O)[O-])ccc21. The van der Waals surface area contributed by atoms with E-state index in [1.54, 1.807) is 31.2 Å². The van der Waals surface area contributed by atoms with Gasteiger partial charge in [-0.2, -0.15) is 4.58 Å². The Kier molecular flexibility index (Phi) is 16.4. The van der Waals surface area contributed by atoms with E-state index >= 15 is 0 Å². The third-order valence-electron chi connectivity index (χ3n) is 11.4. The standard InChI is InChI=1S/C41H53N3O17S3/c1-40(16-6-26-62(48,49)50)31-27-29(63(51,52)53)9-11-33(31)42(18-22-58-4)35(40)7-5-8-36-41(2,17-21-57-3)32-28-30(64(54,55)56)10-12-34(32)43(36)19-23-60-25-24-59-20-15-39(47)61-44-37(45)13-14-38(44)46/h5,7-12,27-28H,6,13-26H2,1-4H3,(H2-,48,49,50,51,52,53,54,55,56)/p-2. The summed E-state index contributed by atoms with van der Waals surface area (Å²) >= 11 is 0. The zero-order valence-electron chi connectivity index (χ0n) is 35.8. The van der Waals surface area contributed by atoms with Crippen LogP contribution in [0, 0.1) is 0 Å². The zero-order chi connectivity index (χ0) is 47.1. The number of nitrogens with zero attached hydrogens (tertiary/aromatic N) is 3. The number of fused-ring (bicyclic) bond motifs is 2. The molecule has 3 aliphatic heterocycles. The lowest BCUT2D eigenvalue weighted by atomic mass is 9.75. The molecule has 64 heavy (non-hydrogen) atoms. The Balaban J connectivity index is 1.45. The van der Waals surface area contributed by atoms with E-state index in [0.717, 1.165) is 0 Å². The van der Waals surface area contributed by atoms with E-state index in [2.05, 4.69) is 0 Å². The first-order valence-electron chi connectivity index (χ1n) is 20.2. The normalized spacial score (nSPS) is 20.9. The van der Waals surface area contributed by atoms with Gasteiger partial charge in [-0.15, -0.1) is 5.06 Å².